The first-order valence-electron chi connectivity index (χ1n) is 15.3. The van der Waals surface area contributed by atoms with Crippen LogP contribution < -0.4 is 20.3 Å². The van der Waals surface area contributed by atoms with Gasteiger partial charge in [-0.1, -0.05) is 12.1 Å². The Hall–Kier alpha value is -5.04. The number of hydrogen-bond acceptors (Lipinski definition) is 10. The predicted molar refractivity (Wildman–Crippen MR) is 175 cm³/mol. The van der Waals surface area contributed by atoms with Crippen LogP contribution in [0, 0.1) is 13.8 Å². The van der Waals surface area contributed by atoms with E-state index in [0.717, 1.165) is 65.3 Å². The van der Waals surface area contributed by atoms with Gasteiger partial charge >= 0.3 is 6.01 Å². The Morgan fingerprint density at radius 3 is 2.78 bits per heavy atom. The Labute approximate surface area is 262 Å². The lowest BCUT2D eigenvalue weighted by Gasteiger charge is -2.20. The molecule has 0 radical (unpaired) electrons. The standard InChI is InChI=1S/C32H39N11O2/c1-6-43(7-2)27-11-13-33-32(38-27)45-22-12-14-42(18-22)19-28(44)36-25-10-8-9-23-24(17-34-30(23)25)29-20(3)16-35-31(39-29)37-26-15-21(4)41(5)40-26/h8-11,13,15-17,22,34H,6-7,12,14,18-19H2,1-5H3,(H,36,44)(H,35,37,39,40)/t22-/m0/s1. The third-order valence-corrected chi connectivity index (χ3v) is 8.14. The highest BCUT2D eigenvalue weighted by Gasteiger charge is 2.27. The minimum absolute atomic E-state index is 0.0728. The number of hydrogen-bond donors (Lipinski definition) is 3. The van der Waals surface area contributed by atoms with Crippen molar-refractivity contribution in [3.05, 3.63) is 60.2 Å². The van der Waals surface area contributed by atoms with Gasteiger partial charge in [-0.15, -0.1) is 0 Å². The number of carbonyl (C=O) groups is 1. The number of carbonyl (C=O) groups excluding carboxylic acids is 1. The van der Waals surface area contributed by atoms with Gasteiger partial charge in [0.15, 0.2) is 5.82 Å². The summed E-state index contributed by atoms with van der Waals surface area (Å²) in [7, 11) is 1.89. The second kappa shape index (κ2) is 12.9. The molecule has 0 saturated carbocycles. The van der Waals surface area contributed by atoms with Crippen molar-refractivity contribution in [3.63, 3.8) is 0 Å². The first kappa shape index (κ1) is 30.0. The Kier molecular flexibility index (Phi) is 8.60. The third-order valence-electron chi connectivity index (χ3n) is 8.14. The highest BCUT2D eigenvalue weighted by molar-refractivity contribution is 6.06. The van der Waals surface area contributed by atoms with Gasteiger partial charge in [-0.2, -0.15) is 10.1 Å². The van der Waals surface area contributed by atoms with Gasteiger partial charge in [-0.05, 0) is 51.8 Å². The van der Waals surface area contributed by atoms with E-state index in [0.29, 0.717) is 30.0 Å². The van der Waals surface area contributed by atoms with Crippen molar-refractivity contribution in [1.82, 2.24) is 39.6 Å². The van der Waals surface area contributed by atoms with Crippen LogP contribution in [-0.4, -0.2) is 84.3 Å². The van der Waals surface area contributed by atoms with Crippen molar-refractivity contribution in [2.24, 2.45) is 7.05 Å². The molecule has 13 nitrogen and oxygen atoms in total. The van der Waals surface area contributed by atoms with Gasteiger partial charge in [0.25, 0.3) is 0 Å². The Morgan fingerprint density at radius 1 is 1.16 bits per heavy atom. The van der Waals surface area contributed by atoms with Crippen LogP contribution in [0.2, 0.25) is 0 Å². The zero-order valence-electron chi connectivity index (χ0n) is 26.3. The maximum atomic E-state index is 13.2. The first-order chi connectivity index (χ1) is 21.8. The van der Waals surface area contributed by atoms with Crippen LogP contribution in [-0.2, 0) is 11.8 Å². The molecule has 0 aliphatic carbocycles. The molecule has 1 amide bonds. The highest BCUT2D eigenvalue weighted by atomic mass is 16.5. The van der Waals surface area contributed by atoms with E-state index in [9.17, 15) is 4.79 Å². The molecule has 0 spiro atoms. The molecule has 45 heavy (non-hydrogen) atoms. The fraction of sp³-hybridized carbons (Fsp3) is 0.375. The van der Waals surface area contributed by atoms with E-state index in [4.69, 9.17) is 9.72 Å². The average molecular weight is 610 g/mol. The molecule has 6 rings (SSSR count). The minimum atomic E-state index is -0.0885. The zero-order chi connectivity index (χ0) is 31.5. The van der Waals surface area contributed by atoms with Crippen LogP contribution in [0.15, 0.2) is 48.9 Å². The number of anilines is 4. The summed E-state index contributed by atoms with van der Waals surface area (Å²) in [4.78, 5) is 38.9. The number of para-hydroxylation sites is 1. The molecule has 5 heterocycles. The van der Waals surface area contributed by atoms with Gasteiger partial charge in [0.2, 0.25) is 11.9 Å². The number of benzene rings is 1. The lowest BCUT2D eigenvalue weighted by atomic mass is 10.1. The number of aromatic nitrogens is 7. The lowest BCUT2D eigenvalue weighted by molar-refractivity contribution is -0.117. The number of likely N-dealkylation sites (tertiary alicyclic amines) is 1. The molecular weight excluding hydrogens is 570 g/mol. The molecule has 3 N–H and O–H groups in total. The summed E-state index contributed by atoms with van der Waals surface area (Å²) in [6.45, 7) is 11.5. The maximum Gasteiger partial charge on any atom is 0.318 e. The summed E-state index contributed by atoms with van der Waals surface area (Å²) in [5, 5.41) is 11.7. The predicted octanol–water partition coefficient (Wildman–Crippen LogP) is 4.45. The first-order valence-corrected chi connectivity index (χ1v) is 15.3. The lowest BCUT2D eigenvalue weighted by Crippen LogP contribution is -2.33. The Morgan fingerprint density at radius 2 is 2.00 bits per heavy atom. The second-order valence-electron chi connectivity index (χ2n) is 11.3. The number of nitrogens with one attached hydrogen (secondary N) is 3. The number of ether oxygens (including phenoxy) is 1. The largest absolute Gasteiger partial charge is 0.459 e. The Balaban J connectivity index is 1.11. The summed E-state index contributed by atoms with van der Waals surface area (Å²) in [5.74, 6) is 1.91. The van der Waals surface area contributed by atoms with Gasteiger partial charge in [0, 0.05) is 74.5 Å². The van der Waals surface area contributed by atoms with Crippen LogP contribution >= 0.6 is 0 Å². The Bertz CT molecular complexity index is 1790. The van der Waals surface area contributed by atoms with Gasteiger partial charge < -0.3 is 25.3 Å². The fourth-order valence-corrected chi connectivity index (χ4v) is 5.66. The molecule has 1 aromatic carbocycles. The van der Waals surface area contributed by atoms with Crippen LogP contribution in [0.4, 0.5) is 23.3 Å². The van der Waals surface area contributed by atoms with Crippen molar-refractivity contribution in [2.45, 2.75) is 40.2 Å². The van der Waals surface area contributed by atoms with Crippen molar-refractivity contribution < 1.29 is 9.53 Å². The maximum absolute atomic E-state index is 13.2. The monoisotopic (exact) mass is 609 g/mol. The number of rotatable bonds is 11. The number of amides is 1. The number of fused-ring (bicyclic) bond motifs is 1. The van der Waals surface area contributed by atoms with Crippen molar-refractivity contribution in [1.29, 1.82) is 0 Å². The molecule has 5 aromatic rings. The van der Waals surface area contributed by atoms with Gasteiger partial charge in [-0.25, -0.2) is 15.0 Å². The molecule has 13 heteroatoms. The number of H-pyrrole nitrogens is 1. The summed E-state index contributed by atoms with van der Waals surface area (Å²) < 4.78 is 7.90. The van der Waals surface area contributed by atoms with E-state index in [2.05, 4.69) is 59.3 Å². The molecular formula is C32H39N11O2. The zero-order valence-corrected chi connectivity index (χ0v) is 26.3. The molecule has 1 aliphatic heterocycles. The van der Waals surface area contributed by atoms with Crippen LogP contribution in [0.1, 0.15) is 31.5 Å². The molecule has 0 unspecified atom stereocenters. The average Bonchev–Trinajstić information content (AvgIpc) is 3.74. The van der Waals surface area contributed by atoms with Crippen LogP contribution in [0.25, 0.3) is 22.2 Å². The number of nitrogens with zero attached hydrogens (tertiary/aromatic N) is 8. The van der Waals surface area contributed by atoms with E-state index < -0.39 is 0 Å². The van der Waals surface area contributed by atoms with Crippen molar-refractivity contribution in [3.8, 4) is 17.3 Å². The van der Waals surface area contributed by atoms with E-state index in [1.807, 2.05) is 57.4 Å². The van der Waals surface area contributed by atoms with Crippen LogP contribution in [0.5, 0.6) is 6.01 Å². The SMILES string of the molecule is CCN(CC)c1ccnc(O[C@H]2CCN(CC(=O)Nc3cccc4c(-c5nc(Nc6cc(C)n(C)n6)ncc5C)c[nH]c34)C2)n1. The van der Waals surface area contributed by atoms with Gasteiger partial charge in [-0.3, -0.25) is 14.4 Å². The minimum Gasteiger partial charge on any atom is -0.459 e. The second-order valence-corrected chi connectivity index (χ2v) is 11.3. The summed E-state index contributed by atoms with van der Waals surface area (Å²) in [6.07, 6.45) is 6.18. The summed E-state index contributed by atoms with van der Waals surface area (Å²) >= 11 is 0. The molecule has 1 aliphatic rings. The molecule has 0 bridgehead atoms. The normalized spacial score (nSPS) is 15.0. The van der Waals surface area contributed by atoms with E-state index in [-0.39, 0.29) is 18.6 Å². The van der Waals surface area contributed by atoms with Crippen LogP contribution in [0.3, 0.4) is 0 Å². The van der Waals surface area contributed by atoms with E-state index in [1.165, 1.54) is 0 Å². The molecule has 1 fully saturated rings. The molecule has 234 valence electrons. The summed E-state index contributed by atoms with van der Waals surface area (Å²) in [6, 6.07) is 10.1. The molecule has 1 saturated heterocycles. The highest BCUT2D eigenvalue weighted by Crippen LogP contribution is 2.33. The third kappa shape index (κ3) is 6.58. The smallest absolute Gasteiger partial charge is 0.318 e. The fourth-order valence-electron chi connectivity index (χ4n) is 5.66. The number of aryl methyl sites for hydroxylation is 3. The van der Waals surface area contributed by atoms with E-state index in [1.54, 1.807) is 17.1 Å². The number of aromatic amines is 1. The van der Waals surface area contributed by atoms with E-state index >= 15 is 0 Å². The van der Waals surface area contributed by atoms with Gasteiger partial charge in [0.05, 0.1) is 23.4 Å². The van der Waals surface area contributed by atoms with Crippen molar-refractivity contribution >= 4 is 40.1 Å². The molecule has 1 atom stereocenters. The quantitative estimate of drug-likeness (QED) is 0.197. The topological polar surface area (TPSA) is 142 Å². The van der Waals surface area contributed by atoms with Crippen molar-refractivity contribution in [2.75, 3.05) is 48.3 Å². The van der Waals surface area contributed by atoms with Gasteiger partial charge in [0.1, 0.15) is 11.9 Å². The molecule has 4 aromatic heterocycles. The summed E-state index contributed by atoms with van der Waals surface area (Å²) in [5.41, 5.74) is 5.23.